The minimum absolute atomic E-state index is 0.00356. The Kier molecular flexibility index (Phi) is 3.82. The fourth-order valence-corrected chi connectivity index (χ4v) is 0.265. The van der Waals surface area contributed by atoms with Crippen LogP contribution in [0.5, 0.6) is 0 Å². The number of carbonyl (C=O) groups excluding carboxylic acids is 3. The van der Waals surface area contributed by atoms with Gasteiger partial charge in [0.05, 0.1) is 0 Å². The molecule has 0 fully saturated rings. The van der Waals surface area contributed by atoms with E-state index in [4.69, 9.17) is 0 Å². The van der Waals surface area contributed by atoms with Crippen LogP contribution in [0.15, 0.2) is 0 Å². The average Bonchev–Trinajstić information content (AvgIpc) is 2.02. The fourth-order valence-electron chi connectivity index (χ4n) is 0.265. The van der Waals surface area contributed by atoms with Crippen molar-refractivity contribution in [2.75, 3.05) is 0 Å². The van der Waals surface area contributed by atoms with Crippen LogP contribution < -0.4 is 5.90 Å². The fraction of sp³-hybridized carbons (Fsp3) is 0.400. The number of esters is 2. The van der Waals surface area contributed by atoms with Crippen molar-refractivity contribution in [2.45, 2.75) is 13.3 Å². The van der Waals surface area contributed by atoms with Crippen LogP contribution in [-0.4, -0.2) is 17.9 Å². The van der Waals surface area contributed by atoms with Crippen molar-refractivity contribution >= 4 is 17.9 Å². The molecule has 0 bridgehead atoms. The topological polar surface area (TPSA) is 95.7 Å². The van der Waals surface area contributed by atoms with Crippen LogP contribution in [0.4, 0.5) is 0 Å². The first-order chi connectivity index (χ1) is 5.11. The lowest BCUT2D eigenvalue weighted by Crippen LogP contribution is -2.25. The Morgan fingerprint density at radius 1 is 1.27 bits per heavy atom. The first-order valence-electron chi connectivity index (χ1n) is 2.77. The molecule has 6 nitrogen and oxygen atoms in total. The molecule has 0 spiro atoms. The Bertz CT molecular complexity index is 187. The summed E-state index contributed by atoms with van der Waals surface area (Å²) in [7, 11) is 0. The Morgan fingerprint density at radius 3 is 2.18 bits per heavy atom. The van der Waals surface area contributed by atoms with Crippen molar-refractivity contribution in [1.82, 2.24) is 0 Å². The van der Waals surface area contributed by atoms with Crippen molar-refractivity contribution in [2.24, 2.45) is 5.90 Å². The highest BCUT2D eigenvalue weighted by atomic mass is 16.7. The maximum absolute atomic E-state index is 10.4. The van der Waals surface area contributed by atoms with Crippen molar-refractivity contribution < 1.29 is 24.0 Å². The summed E-state index contributed by atoms with van der Waals surface area (Å²) in [6, 6.07) is 0. The Hall–Kier alpha value is -1.43. The Balaban J connectivity index is 3.88. The summed E-state index contributed by atoms with van der Waals surface area (Å²) in [6.45, 7) is 1.48. The van der Waals surface area contributed by atoms with Crippen molar-refractivity contribution in [3.05, 3.63) is 0 Å². The molecule has 62 valence electrons. The molecule has 0 heterocycles. The van der Waals surface area contributed by atoms with Crippen LogP contribution in [0.25, 0.3) is 0 Å². The van der Waals surface area contributed by atoms with E-state index >= 15 is 0 Å². The van der Waals surface area contributed by atoms with E-state index in [9.17, 15) is 14.4 Å². The van der Waals surface area contributed by atoms with E-state index in [1.54, 1.807) is 0 Å². The molecule has 0 saturated heterocycles. The molecule has 6 heteroatoms. The van der Waals surface area contributed by atoms with Crippen LogP contribution in [0.1, 0.15) is 13.3 Å². The zero-order valence-electron chi connectivity index (χ0n) is 5.83. The molecule has 0 aliphatic rings. The predicted molar refractivity (Wildman–Crippen MR) is 31.7 cm³/mol. The maximum Gasteiger partial charge on any atom is 0.436 e. The molecule has 0 unspecified atom stereocenters. The second kappa shape index (κ2) is 4.40. The number of carbonyl (C=O) groups is 3. The van der Waals surface area contributed by atoms with Gasteiger partial charge in [0.25, 0.3) is 0 Å². The molecule has 2 N–H and O–H groups in total. The van der Waals surface area contributed by atoms with Gasteiger partial charge in [-0.05, 0) is 0 Å². The predicted octanol–water partition coefficient (Wildman–Crippen LogP) is -1.12. The van der Waals surface area contributed by atoms with Gasteiger partial charge < -0.3 is 9.57 Å². The zero-order valence-corrected chi connectivity index (χ0v) is 5.83. The van der Waals surface area contributed by atoms with E-state index in [1.165, 1.54) is 6.92 Å². The van der Waals surface area contributed by atoms with E-state index in [2.05, 4.69) is 15.5 Å². The summed E-state index contributed by atoms with van der Waals surface area (Å²) in [5, 5.41) is 0. The second-order valence-corrected chi connectivity index (χ2v) is 1.52. The van der Waals surface area contributed by atoms with Gasteiger partial charge in [0.15, 0.2) is 0 Å². The van der Waals surface area contributed by atoms with Crippen LogP contribution in [0.2, 0.25) is 0 Å². The summed E-state index contributed by atoms with van der Waals surface area (Å²) in [4.78, 5) is 34.4. The van der Waals surface area contributed by atoms with Crippen LogP contribution in [0, 0.1) is 0 Å². The largest absolute Gasteiger partial charge is 0.436 e. The second-order valence-electron chi connectivity index (χ2n) is 1.52. The van der Waals surface area contributed by atoms with E-state index in [0.29, 0.717) is 0 Å². The van der Waals surface area contributed by atoms with Crippen molar-refractivity contribution in [3.63, 3.8) is 0 Å². The summed E-state index contributed by atoms with van der Waals surface area (Å²) in [5.74, 6) is 0.723. The molecule has 0 aliphatic carbocycles. The number of nitrogens with two attached hydrogens (primary N) is 1. The molecular formula is C5H7NO5. The monoisotopic (exact) mass is 161 g/mol. The van der Waals surface area contributed by atoms with Gasteiger partial charge in [-0.1, -0.05) is 6.92 Å². The van der Waals surface area contributed by atoms with E-state index in [1.807, 2.05) is 0 Å². The van der Waals surface area contributed by atoms with Gasteiger partial charge in [-0.25, -0.2) is 9.59 Å². The third-order valence-electron chi connectivity index (χ3n) is 0.769. The van der Waals surface area contributed by atoms with Crippen molar-refractivity contribution in [3.8, 4) is 0 Å². The minimum atomic E-state index is -1.40. The molecule has 0 rings (SSSR count). The molecule has 0 radical (unpaired) electrons. The van der Waals surface area contributed by atoms with Crippen LogP contribution in [0.3, 0.4) is 0 Å². The molecular weight excluding hydrogens is 154 g/mol. The number of hydrogen-bond donors (Lipinski definition) is 1. The van der Waals surface area contributed by atoms with Crippen LogP contribution >= 0.6 is 0 Å². The standard InChI is InChI=1S/C5H7NO5/c1-2-3(7)10-4(8)5(9)11-6/h2,6H2,1H3. The first kappa shape index (κ1) is 9.57. The zero-order chi connectivity index (χ0) is 8.85. The van der Waals surface area contributed by atoms with E-state index < -0.39 is 17.9 Å². The molecule has 0 aromatic rings. The molecule has 0 aromatic carbocycles. The third kappa shape index (κ3) is 3.31. The maximum atomic E-state index is 10.4. The van der Waals surface area contributed by atoms with Gasteiger partial charge in [-0.15, -0.1) is 0 Å². The molecule has 0 amide bonds. The highest BCUT2D eigenvalue weighted by Gasteiger charge is 2.19. The smallest absolute Gasteiger partial charge is 0.384 e. The first-order valence-corrected chi connectivity index (χ1v) is 2.77. The van der Waals surface area contributed by atoms with Gasteiger partial charge in [0.2, 0.25) is 0 Å². The third-order valence-corrected chi connectivity index (χ3v) is 0.769. The van der Waals surface area contributed by atoms with Gasteiger partial charge >= 0.3 is 17.9 Å². The lowest BCUT2D eigenvalue weighted by molar-refractivity contribution is -0.173. The normalized spacial score (nSPS) is 8.55. The summed E-state index contributed by atoms with van der Waals surface area (Å²) in [6.07, 6.45) is 0.00356. The Labute approximate surface area is 62.2 Å². The Morgan fingerprint density at radius 2 is 1.82 bits per heavy atom. The quantitative estimate of drug-likeness (QED) is 0.226. The summed E-state index contributed by atoms with van der Waals surface area (Å²) in [5.41, 5.74) is 0. The number of rotatable bonds is 1. The molecule has 0 aliphatic heterocycles. The summed E-state index contributed by atoms with van der Waals surface area (Å²) >= 11 is 0. The van der Waals surface area contributed by atoms with Gasteiger partial charge in [0.1, 0.15) is 0 Å². The highest BCUT2D eigenvalue weighted by molar-refractivity contribution is 6.31. The van der Waals surface area contributed by atoms with Gasteiger partial charge in [-0.2, -0.15) is 5.90 Å². The summed E-state index contributed by atoms with van der Waals surface area (Å²) < 4.78 is 3.92. The number of hydrogen-bond acceptors (Lipinski definition) is 6. The van der Waals surface area contributed by atoms with E-state index in [0.717, 1.165) is 0 Å². The lowest BCUT2D eigenvalue weighted by Gasteiger charge is -1.96. The average molecular weight is 161 g/mol. The van der Waals surface area contributed by atoms with Gasteiger partial charge in [0, 0.05) is 6.42 Å². The van der Waals surface area contributed by atoms with E-state index in [-0.39, 0.29) is 6.42 Å². The molecule has 0 aromatic heterocycles. The van der Waals surface area contributed by atoms with Crippen molar-refractivity contribution in [1.29, 1.82) is 0 Å². The molecule has 0 saturated carbocycles. The van der Waals surface area contributed by atoms with Gasteiger partial charge in [-0.3, -0.25) is 4.79 Å². The lowest BCUT2D eigenvalue weighted by atomic mass is 10.5. The molecule has 0 atom stereocenters. The van der Waals surface area contributed by atoms with Crippen LogP contribution in [-0.2, 0) is 24.0 Å². The number of ether oxygens (including phenoxy) is 1. The SMILES string of the molecule is CCC(=O)OC(=O)C(=O)ON. The highest BCUT2D eigenvalue weighted by Crippen LogP contribution is 1.86. The minimum Gasteiger partial charge on any atom is -0.384 e. The molecule has 11 heavy (non-hydrogen) atoms.